The fourth-order valence-electron chi connectivity index (χ4n) is 3.89. The quantitative estimate of drug-likeness (QED) is 0.906. The van der Waals surface area contributed by atoms with Crippen LogP contribution in [0.3, 0.4) is 0 Å². The summed E-state index contributed by atoms with van der Waals surface area (Å²) in [7, 11) is 0. The van der Waals surface area contributed by atoms with Crippen LogP contribution < -0.4 is 5.32 Å². The number of amides is 2. The van der Waals surface area contributed by atoms with E-state index in [1.165, 1.54) is 25.0 Å². The summed E-state index contributed by atoms with van der Waals surface area (Å²) in [6.45, 7) is 1.23. The summed E-state index contributed by atoms with van der Waals surface area (Å²) in [5.74, 6) is -0.849. The van der Waals surface area contributed by atoms with Gasteiger partial charge in [0.25, 0.3) is 5.91 Å². The summed E-state index contributed by atoms with van der Waals surface area (Å²) in [6.07, 6.45) is 1.20. The van der Waals surface area contributed by atoms with Crippen molar-refractivity contribution in [2.45, 2.75) is 38.3 Å². The molecule has 1 N–H and O–H groups in total. The normalized spacial score (nSPS) is 19.4. The number of carbonyl (C=O) groups excluding carboxylic acids is 2. The fraction of sp³-hybridized carbons (Fsp3) is 0.556. The third-order valence-electron chi connectivity index (χ3n) is 5.31. The number of hydrogen-bond acceptors (Lipinski definition) is 2. The van der Waals surface area contributed by atoms with E-state index in [9.17, 15) is 22.8 Å². The van der Waals surface area contributed by atoms with Gasteiger partial charge >= 0.3 is 6.18 Å². The molecule has 25 heavy (non-hydrogen) atoms. The maximum absolute atomic E-state index is 12.7. The summed E-state index contributed by atoms with van der Waals surface area (Å²) in [4.78, 5) is 26.1. The monoisotopic (exact) mass is 354 g/mol. The minimum absolute atomic E-state index is 0.101. The largest absolute Gasteiger partial charge is 0.416 e. The van der Waals surface area contributed by atoms with E-state index in [1.807, 2.05) is 0 Å². The topological polar surface area (TPSA) is 49.4 Å². The first-order valence-electron chi connectivity index (χ1n) is 8.52. The second kappa shape index (κ2) is 6.69. The molecule has 0 unspecified atom stereocenters. The molecule has 2 fully saturated rings. The summed E-state index contributed by atoms with van der Waals surface area (Å²) in [5.41, 5.74) is -0.730. The molecular weight excluding hydrogens is 333 g/mol. The number of alkyl halides is 3. The molecule has 0 aromatic heterocycles. The SMILES string of the molecule is O=C(NCC(=O)N1CCC2(CCCC2)C1)c1cccc(C(F)(F)F)c1. The molecule has 1 saturated carbocycles. The Kier molecular flexibility index (Phi) is 4.75. The standard InChI is InChI=1S/C18H21F3N2O2/c19-18(20,21)14-5-3-4-13(10-14)16(25)22-11-15(24)23-9-8-17(12-23)6-1-2-7-17/h3-5,10H,1-2,6-9,11-12H2,(H,22,25). The Morgan fingerprint density at radius 1 is 1.16 bits per heavy atom. The predicted octanol–water partition coefficient (Wildman–Crippen LogP) is 3.23. The van der Waals surface area contributed by atoms with E-state index in [0.29, 0.717) is 6.54 Å². The summed E-state index contributed by atoms with van der Waals surface area (Å²) < 4.78 is 38.1. The van der Waals surface area contributed by atoms with Gasteiger partial charge in [-0.15, -0.1) is 0 Å². The maximum atomic E-state index is 12.7. The Morgan fingerprint density at radius 2 is 1.88 bits per heavy atom. The van der Waals surface area contributed by atoms with Crippen LogP contribution in [0, 0.1) is 5.41 Å². The highest BCUT2D eigenvalue weighted by Gasteiger charge is 2.41. The van der Waals surface area contributed by atoms with Gasteiger partial charge in [0.15, 0.2) is 0 Å². The highest BCUT2D eigenvalue weighted by atomic mass is 19.4. The van der Waals surface area contributed by atoms with Crippen molar-refractivity contribution in [3.05, 3.63) is 35.4 Å². The van der Waals surface area contributed by atoms with Crippen molar-refractivity contribution < 1.29 is 22.8 Å². The first-order valence-corrected chi connectivity index (χ1v) is 8.52. The molecular formula is C18H21F3N2O2. The molecule has 0 bridgehead atoms. The second-order valence-electron chi connectivity index (χ2n) is 7.03. The van der Waals surface area contributed by atoms with Gasteiger partial charge in [0.1, 0.15) is 0 Å². The molecule has 2 aliphatic rings. The van der Waals surface area contributed by atoms with Gasteiger partial charge < -0.3 is 10.2 Å². The van der Waals surface area contributed by atoms with Crippen LogP contribution in [-0.2, 0) is 11.0 Å². The number of hydrogen-bond donors (Lipinski definition) is 1. The lowest BCUT2D eigenvalue weighted by Gasteiger charge is -2.23. The average Bonchev–Trinajstić information content (AvgIpc) is 3.22. The molecule has 3 rings (SSSR count). The van der Waals surface area contributed by atoms with Crippen molar-refractivity contribution in [3.8, 4) is 0 Å². The molecule has 0 atom stereocenters. The number of nitrogens with zero attached hydrogens (tertiary/aromatic N) is 1. The van der Waals surface area contributed by atoms with Crippen LogP contribution in [0.25, 0.3) is 0 Å². The van der Waals surface area contributed by atoms with Crippen molar-refractivity contribution in [1.82, 2.24) is 10.2 Å². The smallest absolute Gasteiger partial charge is 0.343 e. The van der Waals surface area contributed by atoms with Gasteiger partial charge in [0, 0.05) is 18.7 Å². The molecule has 1 aliphatic heterocycles. The summed E-state index contributed by atoms with van der Waals surface area (Å²) >= 11 is 0. The van der Waals surface area contributed by atoms with Gasteiger partial charge in [-0.3, -0.25) is 9.59 Å². The van der Waals surface area contributed by atoms with Gasteiger partial charge in [-0.2, -0.15) is 13.2 Å². The van der Waals surface area contributed by atoms with Crippen molar-refractivity contribution in [2.24, 2.45) is 5.41 Å². The highest BCUT2D eigenvalue weighted by Crippen LogP contribution is 2.45. The Hall–Kier alpha value is -2.05. The lowest BCUT2D eigenvalue weighted by Crippen LogP contribution is -2.40. The molecule has 1 aromatic rings. The van der Waals surface area contributed by atoms with E-state index in [0.717, 1.165) is 37.9 Å². The van der Waals surface area contributed by atoms with E-state index in [-0.39, 0.29) is 23.4 Å². The molecule has 4 nitrogen and oxygen atoms in total. The van der Waals surface area contributed by atoms with Crippen LogP contribution in [0.15, 0.2) is 24.3 Å². The third-order valence-corrected chi connectivity index (χ3v) is 5.31. The molecule has 2 amide bonds. The van der Waals surface area contributed by atoms with Crippen molar-refractivity contribution >= 4 is 11.8 Å². The average molecular weight is 354 g/mol. The Morgan fingerprint density at radius 3 is 2.56 bits per heavy atom. The zero-order chi connectivity index (χ0) is 18.1. The van der Waals surface area contributed by atoms with Gasteiger partial charge in [-0.25, -0.2) is 0 Å². The zero-order valence-corrected chi connectivity index (χ0v) is 13.9. The Bertz CT molecular complexity index is 667. The summed E-state index contributed by atoms with van der Waals surface area (Å²) in [6, 6.07) is 4.19. The lowest BCUT2D eigenvalue weighted by molar-refractivity contribution is -0.137. The molecule has 1 aromatic carbocycles. The number of likely N-dealkylation sites (tertiary alicyclic amines) is 1. The molecule has 1 heterocycles. The van der Waals surface area contributed by atoms with Crippen LogP contribution in [0.5, 0.6) is 0 Å². The molecule has 136 valence electrons. The molecule has 0 radical (unpaired) electrons. The molecule has 7 heteroatoms. The molecule has 1 spiro atoms. The van der Waals surface area contributed by atoms with Gasteiger partial charge in [-0.05, 0) is 42.9 Å². The Balaban J connectivity index is 1.55. The molecule has 1 aliphatic carbocycles. The van der Waals surface area contributed by atoms with Crippen LogP contribution >= 0.6 is 0 Å². The minimum atomic E-state index is -4.50. The maximum Gasteiger partial charge on any atom is 0.416 e. The van der Waals surface area contributed by atoms with Crippen LogP contribution in [-0.4, -0.2) is 36.3 Å². The first-order chi connectivity index (χ1) is 11.8. The minimum Gasteiger partial charge on any atom is -0.343 e. The van der Waals surface area contributed by atoms with Gasteiger partial charge in [0.2, 0.25) is 5.91 Å². The van der Waals surface area contributed by atoms with Crippen molar-refractivity contribution in [1.29, 1.82) is 0 Å². The van der Waals surface area contributed by atoms with E-state index in [4.69, 9.17) is 0 Å². The number of carbonyl (C=O) groups is 2. The van der Waals surface area contributed by atoms with Gasteiger partial charge in [-0.1, -0.05) is 18.9 Å². The highest BCUT2D eigenvalue weighted by molar-refractivity contribution is 5.96. The fourth-order valence-corrected chi connectivity index (χ4v) is 3.89. The predicted molar refractivity (Wildman–Crippen MR) is 85.9 cm³/mol. The number of benzene rings is 1. The Labute approximate surface area is 144 Å². The lowest BCUT2D eigenvalue weighted by atomic mass is 9.86. The summed E-state index contributed by atoms with van der Waals surface area (Å²) in [5, 5.41) is 2.44. The van der Waals surface area contributed by atoms with Gasteiger partial charge in [0.05, 0.1) is 12.1 Å². The van der Waals surface area contributed by atoms with E-state index in [2.05, 4.69) is 5.32 Å². The van der Waals surface area contributed by atoms with Crippen LogP contribution in [0.1, 0.15) is 48.0 Å². The zero-order valence-electron chi connectivity index (χ0n) is 13.9. The second-order valence-corrected chi connectivity index (χ2v) is 7.03. The van der Waals surface area contributed by atoms with E-state index < -0.39 is 17.6 Å². The number of nitrogens with one attached hydrogen (secondary N) is 1. The van der Waals surface area contributed by atoms with E-state index >= 15 is 0 Å². The molecule has 1 saturated heterocycles. The van der Waals surface area contributed by atoms with Crippen molar-refractivity contribution in [2.75, 3.05) is 19.6 Å². The van der Waals surface area contributed by atoms with Crippen LogP contribution in [0.4, 0.5) is 13.2 Å². The number of rotatable bonds is 3. The first kappa shape index (κ1) is 17.8. The van der Waals surface area contributed by atoms with E-state index in [1.54, 1.807) is 4.90 Å². The third kappa shape index (κ3) is 3.96. The van der Waals surface area contributed by atoms with Crippen LogP contribution in [0.2, 0.25) is 0 Å². The number of halogens is 3. The van der Waals surface area contributed by atoms with Crippen molar-refractivity contribution in [3.63, 3.8) is 0 Å².